The van der Waals surface area contributed by atoms with Crippen LogP contribution in [0.2, 0.25) is 0 Å². The van der Waals surface area contributed by atoms with Crippen LogP contribution in [0.25, 0.3) is 0 Å². The van der Waals surface area contributed by atoms with Crippen molar-refractivity contribution in [1.82, 2.24) is 0 Å². The highest BCUT2D eigenvalue weighted by Gasteiger charge is 2.26. The first-order chi connectivity index (χ1) is 12.0. The minimum absolute atomic E-state index is 0.00705. The summed E-state index contributed by atoms with van der Waals surface area (Å²) < 4.78 is 32.1. The molecule has 0 aromatic rings. The van der Waals surface area contributed by atoms with E-state index in [1.807, 2.05) is 13.8 Å². The molecule has 0 amide bonds. The third kappa shape index (κ3) is 16.8. The van der Waals surface area contributed by atoms with E-state index in [1.54, 1.807) is 0 Å². The molecule has 0 aromatic heterocycles. The molecule has 0 rings (SSSR count). The average Bonchev–Trinajstić information content (AvgIpc) is 2.56. The zero-order valence-corrected chi connectivity index (χ0v) is 15.5. The summed E-state index contributed by atoms with van der Waals surface area (Å²) in [5.41, 5.74) is 5.39. The van der Waals surface area contributed by atoms with Crippen molar-refractivity contribution in [3.63, 3.8) is 0 Å². The molecule has 9 heteroatoms. The van der Waals surface area contributed by atoms with Crippen LogP contribution < -0.4 is 5.73 Å². The maximum Gasteiger partial charge on any atom is 0.175 e. The molecule has 0 fully saturated rings. The smallest absolute Gasteiger partial charge is 0.175 e. The van der Waals surface area contributed by atoms with Crippen LogP contribution in [-0.4, -0.2) is 101 Å². The molecule has 0 spiro atoms. The molecule has 9 nitrogen and oxygen atoms in total. The first-order valence-corrected chi connectivity index (χ1v) is 8.57. The van der Waals surface area contributed by atoms with E-state index >= 15 is 0 Å². The van der Waals surface area contributed by atoms with Gasteiger partial charge < -0.3 is 44.4 Å². The van der Waals surface area contributed by atoms with Gasteiger partial charge in [-0.2, -0.15) is 0 Å². The molecule has 0 aromatic carbocycles. The Labute approximate surface area is 150 Å². The number of hydrogen-bond acceptors (Lipinski definition) is 9. The van der Waals surface area contributed by atoms with Crippen molar-refractivity contribution < 1.29 is 38.6 Å². The van der Waals surface area contributed by atoms with E-state index in [0.717, 1.165) is 0 Å². The van der Waals surface area contributed by atoms with Gasteiger partial charge in [0.1, 0.15) is 0 Å². The van der Waals surface area contributed by atoms with Gasteiger partial charge in [0, 0.05) is 0 Å². The number of ether oxygens (including phenoxy) is 6. The Hall–Kier alpha value is -0.360. The van der Waals surface area contributed by atoms with Gasteiger partial charge in [0.25, 0.3) is 0 Å². The summed E-state index contributed by atoms with van der Waals surface area (Å²) in [7, 11) is 0. The Bertz CT molecular complexity index is 255. The lowest BCUT2D eigenvalue weighted by molar-refractivity contribution is -0.186. The molecule has 0 aliphatic heterocycles. The summed E-state index contributed by atoms with van der Waals surface area (Å²) in [5.74, 6) is 0. The van der Waals surface area contributed by atoms with Crippen molar-refractivity contribution in [2.75, 3.05) is 79.3 Å². The molecule has 0 saturated carbocycles. The lowest BCUT2D eigenvalue weighted by Crippen LogP contribution is -2.49. The predicted molar refractivity (Wildman–Crippen MR) is 91.4 cm³/mol. The van der Waals surface area contributed by atoms with Crippen LogP contribution in [0.5, 0.6) is 0 Å². The highest BCUT2D eigenvalue weighted by atomic mass is 16.7. The summed E-state index contributed by atoms with van der Waals surface area (Å²) in [6.45, 7) is 7.52. The van der Waals surface area contributed by atoms with Crippen LogP contribution in [0.1, 0.15) is 13.8 Å². The number of nitrogens with two attached hydrogens (primary N) is 1. The molecular formula is C16H35NO8. The van der Waals surface area contributed by atoms with E-state index in [1.165, 1.54) is 0 Å². The van der Waals surface area contributed by atoms with Gasteiger partial charge in [0.05, 0.1) is 84.8 Å². The molecule has 0 heterocycles. The van der Waals surface area contributed by atoms with Gasteiger partial charge in [-0.1, -0.05) is 0 Å². The molecule has 152 valence electrons. The summed E-state index contributed by atoms with van der Waals surface area (Å²) in [5, 5.41) is 17.1. The normalized spacial score (nSPS) is 12.2. The zero-order chi connectivity index (χ0) is 18.8. The van der Waals surface area contributed by atoms with Crippen molar-refractivity contribution in [3.8, 4) is 0 Å². The number of aliphatic hydroxyl groups excluding tert-OH is 2. The van der Waals surface area contributed by atoms with E-state index in [-0.39, 0.29) is 13.2 Å². The van der Waals surface area contributed by atoms with Crippen LogP contribution in [0.3, 0.4) is 0 Å². The van der Waals surface area contributed by atoms with Gasteiger partial charge in [0.2, 0.25) is 0 Å². The third-order valence-electron chi connectivity index (χ3n) is 2.82. The summed E-state index contributed by atoms with van der Waals surface area (Å²) >= 11 is 0. The molecule has 0 aliphatic rings. The lowest BCUT2D eigenvalue weighted by atomic mass is 10.1. The van der Waals surface area contributed by atoms with Gasteiger partial charge in [0.15, 0.2) is 6.29 Å². The highest BCUT2D eigenvalue weighted by molar-refractivity contribution is 4.76. The van der Waals surface area contributed by atoms with Crippen molar-refractivity contribution in [2.24, 2.45) is 5.73 Å². The van der Waals surface area contributed by atoms with Crippen LogP contribution >= 0.6 is 0 Å². The Morgan fingerprint density at radius 3 is 1.28 bits per heavy atom. The highest BCUT2D eigenvalue weighted by Crippen LogP contribution is 2.11. The molecule has 0 saturated heterocycles. The molecule has 0 radical (unpaired) electrons. The molecule has 0 atom stereocenters. The van der Waals surface area contributed by atoms with Crippen molar-refractivity contribution in [1.29, 1.82) is 0 Å². The van der Waals surface area contributed by atoms with Crippen molar-refractivity contribution in [3.05, 3.63) is 0 Å². The van der Waals surface area contributed by atoms with Crippen molar-refractivity contribution in [2.45, 2.75) is 25.7 Å². The third-order valence-corrected chi connectivity index (χ3v) is 2.82. The second-order valence-electron chi connectivity index (χ2n) is 5.79. The SMILES string of the molecule is CC(C)(N)C(OCCOCCOCCO)OCCOCCOCCO. The van der Waals surface area contributed by atoms with Crippen LogP contribution in [0.4, 0.5) is 0 Å². The predicted octanol–water partition coefficient (Wildman–Crippen LogP) is -0.866. The molecule has 4 N–H and O–H groups in total. The quantitative estimate of drug-likeness (QED) is 0.197. The summed E-state index contributed by atoms with van der Waals surface area (Å²) in [6.07, 6.45) is -0.573. The largest absolute Gasteiger partial charge is 0.394 e. The fraction of sp³-hybridized carbons (Fsp3) is 1.00. The Balaban J connectivity index is 3.67. The van der Waals surface area contributed by atoms with Crippen LogP contribution in [-0.2, 0) is 28.4 Å². The maximum absolute atomic E-state index is 8.56. The van der Waals surface area contributed by atoms with Crippen LogP contribution in [0.15, 0.2) is 0 Å². The lowest BCUT2D eigenvalue weighted by Gasteiger charge is -2.30. The van der Waals surface area contributed by atoms with E-state index < -0.39 is 11.8 Å². The molecule has 25 heavy (non-hydrogen) atoms. The van der Waals surface area contributed by atoms with Crippen LogP contribution in [0, 0.1) is 0 Å². The van der Waals surface area contributed by atoms with Gasteiger partial charge in [-0.25, -0.2) is 0 Å². The average molecular weight is 369 g/mol. The maximum atomic E-state index is 8.56. The second kappa shape index (κ2) is 17.1. The Morgan fingerprint density at radius 2 is 0.960 bits per heavy atom. The number of aliphatic hydroxyl groups is 2. The van der Waals surface area contributed by atoms with E-state index in [4.69, 9.17) is 44.4 Å². The van der Waals surface area contributed by atoms with Gasteiger partial charge >= 0.3 is 0 Å². The standard InChI is InChI=1S/C16H35NO8/c1-16(2,17)15(24-13-11-22-9-7-20-5-3-18)25-14-12-23-10-8-21-6-4-19/h15,18-19H,3-14,17H2,1-2H3. The van der Waals surface area contributed by atoms with Gasteiger partial charge in [-0.05, 0) is 13.8 Å². The van der Waals surface area contributed by atoms with E-state index in [0.29, 0.717) is 66.1 Å². The summed E-state index contributed by atoms with van der Waals surface area (Å²) in [6, 6.07) is 0. The van der Waals surface area contributed by atoms with Gasteiger partial charge in [-0.3, -0.25) is 0 Å². The Morgan fingerprint density at radius 1 is 0.640 bits per heavy atom. The fourth-order valence-electron chi connectivity index (χ4n) is 1.68. The van der Waals surface area contributed by atoms with Crippen molar-refractivity contribution >= 4 is 0 Å². The molecule has 0 bridgehead atoms. The number of rotatable bonds is 19. The zero-order valence-electron chi connectivity index (χ0n) is 15.5. The topological polar surface area (TPSA) is 122 Å². The van der Waals surface area contributed by atoms with E-state index in [9.17, 15) is 0 Å². The second-order valence-corrected chi connectivity index (χ2v) is 5.79. The molecular weight excluding hydrogens is 334 g/mol. The summed E-state index contributed by atoms with van der Waals surface area (Å²) in [4.78, 5) is 0. The first kappa shape index (κ1) is 24.6. The Kier molecular flexibility index (Phi) is 16.8. The fourth-order valence-corrected chi connectivity index (χ4v) is 1.68. The number of hydrogen-bond donors (Lipinski definition) is 3. The molecule has 0 aliphatic carbocycles. The minimum atomic E-state index is -0.658. The first-order valence-electron chi connectivity index (χ1n) is 8.57. The monoisotopic (exact) mass is 369 g/mol. The van der Waals surface area contributed by atoms with Gasteiger partial charge in [-0.15, -0.1) is 0 Å². The van der Waals surface area contributed by atoms with E-state index in [2.05, 4.69) is 0 Å². The minimum Gasteiger partial charge on any atom is -0.394 e. The molecule has 0 unspecified atom stereocenters.